The van der Waals surface area contributed by atoms with Crippen LogP contribution in [-0.2, 0) is 15.4 Å². The van der Waals surface area contributed by atoms with Crippen molar-refractivity contribution >= 4 is 15.9 Å². The number of nitrogens with one attached hydrogen (secondary N) is 2. The summed E-state index contributed by atoms with van der Waals surface area (Å²) in [7, 11) is -1.08. The van der Waals surface area contributed by atoms with Crippen molar-refractivity contribution in [2.75, 3.05) is 27.3 Å². The van der Waals surface area contributed by atoms with Crippen LogP contribution in [0.15, 0.2) is 47.4 Å². The van der Waals surface area contributed by atoms with Crippen molar-refractivity contribution in [3.8, 4) is 11.5 Å². The van der Waals surface area contributed by atoms with Crippen molar-refractivity contribution in [2.45, 2.75) is 31.1 Å². The summed E-state index contributed by atoms with van der Waals surface area (Å²) in [5.74, 6) is 0.490. The van der Waals surface area contributed by atoms with Crippen molar-refractivity contribution < 1.29 is 22.7 Å². The molecule has 29 heavy (non-hydrogen) atoms. The highest BCUT2D eigenvalue weighted by molar-refractivity contribution is 7.89. The van der Waals surface area contributed by atoms with Crippen molar-refractivity contribution in [2.24, 2.45) is 0 Å². The first kappa shape index (κ1) is 22.7. The molecule has 2 N–H and O–H groups in total. The number of rotatable bonds is 8. The minimum absolute atomic E-state index is 0.0739. The zero-order chi connectivity index (χ0) is 21.7. The van der Waals surface area contributed by atoms with Crippen molar-refractivity contribution in [3.63, 3.8) is 0 Å². The molecule has 0 aliphatic carbocycles. The largest absolute Gasteiger partial charge is 0.495 e. The Hall–Kier alpha value is -2.58. The summed E-state index contributed by atoms with van der Waals surface area (Å²) >= 11 is 0. The van der Waals surface area contributed by atoms with E-state index in [2.05, 4.69) is 30.8 Å². The van der Waals surface area contributed by atoms with Gasteiger partial charge >= 0.3 is 0 Å². The number of methoxy groups -OCH3 is 1. The highest BCUT2D eigenvalue weighted by Gasteiger charge is 2.20. The van der Waals surface area contributed by atoms with Crippen LogP contribution in [0.2, 0.25) is 0 Å². The van der Waals surface area contributed by atoms with Gasteiger partial charge in [0.25, 0.3) is 5.91 Å². The van der Waals surface area contributed by atoms with Gasteiger partial charge in [0.1, 0.15) is 23.0 Å². The molecule has 0 aliphatic heterocycles. The number of ether oxygens (including phenoxy) is 2. The quantitative estimate of drug-likeness (QED) is 0.641. The standard InChI is InChI=1S/C21H28N2O5S/c1-21(2,3)16-7-9-17(10-8-16)28-13-12-23-20(24)15-6-11-18(27-5)19(14-15)29(25,26)22-4/h6-11,14,22H,12-13H2,1-5H3,(H,23,24). The SMILES string of the molecule is CNS(=O)(=O)c1cc(C(=O)NCCOc2ccc(C(C)(C)C)cc2)ccc1OC. The second kappa shape index (κ2) is 9.28. The molecule has 158 valence electrons. The third-order valence-electron chi connectivity index (χ3n) is 4.36. The number of benzene rings is 2. The number of sulfonamides is 1. The summed E-state index contributed by atoms with van der Waals surface area (Å²) in [6.45, 7) is 7.00. The van der Waals surface area contributed by atoms with E-state index in [1.165, 1.54) is 37.9 Å². The number of amides is 1. The molecule has 0 unspecified atom stereocenters. The summed E-state index contributed by atoms with van der Waals surface area (Å²) in [5.41, 5.74) is 1.50. The average Bonchev–Trinajstić information content (AvgIpc) is 2.70. The number of hydrogen-bond donors (Lipinski definition) is 2. The summed E-state index contributed by atoms with van der Waals surface area (Å²) in [5, 5.41) is 2.72. The maximum absolute atomic E-state index is 12.4. The van der Waals surface area contributed by atoms with Gasteiger partial charge in [0.15, 0.2) is 0 Å². The Kier molecular flexibility index (Phi) is 7.26. The van der Waals surface area contributed by atoms with Crippen LogP contribution < -0.4 is 19.5 Å². The predicted molar refractivity (Wildman–Crippen MR) is 112 cm³/mol. The molecule has 0 radical (unpaired) electrons. The molecule has 0 heterocycles. The van der Waals surface area contributed by atoms with E-state index in [1.54, 1.807) is 0 Å². The Bertz CT molecular complexity index is 948. The van der Waals surface area contributed by atoms with Gasteiger partial charge in [-0.25, -0.2) is 13.1 Å². The highest BCUT2D eigenvalue weighted by atomic mass is 32.2. The second-order valence-corrected chi connectivity index (χ2v) is 9.31. The predicted octanol–water partition coefficient (Wildman–Crippen LogP) is 2.71. The lowest BCUT2D eigenvalue weighted by Crippen LogP contribution is -2.28. The van der Waals surface area contributed by atoms with E-state index in [9.17, 15) is 13.2 Å². The Labute approximate surface area is 172 Å². The van der Waals surface area contributed by atoms with Crippen LogP contribution in [0.25, 0.3) is 0 Å². The fourth-order valence-electron chi connectivity index (χ4n) is 2.62. The van der Waals surface area contributed by atoms with Gasteiger partial charge in [-0.15, -0.1) is 0 Å². The molecule has 1 amide bonds. The second-order valence-electron chi connectivity index (χ2n) is 7.45. The molecule has 0 aliphatic rings. The molecule has 0 aromatic heterocycles. The summed E-state index contributed by atoms with van der Waals surface area (Å²) in [6.07, 6.45) is 0. The maximum Gasteiger partial charge on any atom is 0.251 e. The third-order valence-corrected chi connectivity index (χ3v) is 5.80. The molecule has 0 spiro atoms. The van der Waals surface area contributed by atoms with E-state index in [0.717, 1.165) is 5.75 Å². The molecular weight excluding hydrogens is 392 g/mol. The van der Waals surface area contributed by atoms with E-state index >= 15 is 0 Å². The maximum atomic E-state index is 12.4. The lowest BCUT2D eigenvalue weighted by Gasteiger charge is -2.19. The first-order valence-electron chi connectivity index (χ1n) is 9.21. The third kappa shape index (κ3) is 5.95. The zero-order valence-corrected chi connectivity index (χ0v) is 18.2. The van der Waals surface area contributed by atoms with Gasteiger partial charge < -0.3 is 14.8 Å². The molecule has 0 fully saturated rings. The highest BCUT2D eigenvalue weighted by Crippen LogP contribution is 2.25. The summed E-state index contributed by atoms with van der Waals surface area (Å²) in [6, 6.07) is 12.1. The van der Waals surface area contributed by atoms with E-state index < -0.39 is 15.9 Å². The monoisotopic (exact) mass is 420 g/mol. The van der Waals surface area contributed by atoms with E-state index in [4.69, 9.17) is 9.47 Å². The number of carbonyl (C=O) groups is 1. The Morgan fingerprint density at radius 1 is 1.07 bits per heavy atom. The first-order valence-corrected chi connectivity index (χ1v) is 10.7. The first-order chi connectivity index (χ1) is 13.6. The molecule has 2 aromatic carbocycles. The molecule has 2 rings (SSSR count). The van der Waals surface area contributed by atoms with Crippen molar-refractivity contribution in [1.82, 2.24) is 10.0 Å². The average molecular weight is 421 g/mol. The van der Waals surface area contributed by atoms with Gasteiger partial charge in [-0.3, -0.25) is 4.79 Å². The minimum atomic E-state index is -3.75. The molecule has 0 saturated heterocycles. The van der Waals surface area contributed by atoms with E-state index in [0.29, 0.717) is 6.61 Å². The molecule has 0 saturated carbocycles. The molecule has 2 aromatic rings. The van der Waals surface area contributed by atoms with Crippen molar-refractivity contribution in [1.29, 1.82) is 0 Å². The topological polar surface area (TPSA) is 93.7 Å². The van der Waals surface area contributed by atoms with E-state index in [-0.39, 0.29) is 28.2 Å². The van der Waals surface area contributed by atoms with Crippen LogP contribution in [0.3, 0.4) is 0 Å². The van der Waals surface area contributed by atoms with Crippen LogP contribution in [0.1, 0.15) is 36.7 Å². The normalized spacial score (nSPS) is 11.8. The number of hydrogen-bond acceptors (Lipinski definition) is 5. The molecule has 0 bridgehead atoms. The fraction of sp³-hybridized carbons (Fsp3) is 0.381. The van der Waals surface area contributed by atoms with E-state index in [1.807, 2.05) is 24.3 Å². The molecule has 7 nitrogen and oxygen atoms in total. The zero-order valence-electron chi connectivity index (χ0n) is 17.4. The van der Waals surface area contributed by atoms with Crippen LogP contribution >= 0.6 is 0 Å². The molecular formula is C21H28N2O5S. The van der Waals surface area contributed by atoms with Gasteiger partial charge in [-0.2, -0.15) is 0 Å². The number of carbonyl (C=O) groups excluding carboxylic acids is 1. The van der Waals surface area contributed by atoms with Crippen molar-refractivity contribution in [3.05, 3.63) is 53.6 Å². The van der Waals surface area contributed by atoms with Gasteiger partial charge in [0.05, 0.1) is 13.7 Å². The molecule has 8 heteroatoms. The van der Waals surface area contributed by atoms with Gasteiger partial charge in [-0.1, -0.05) is 32.9 Å². The van der Waals surface area contributed by atoms with Crippen LogP contribution in [0.5, 0.6) is 11.5 Å². The lowest BCUT2D eigenvalue weighted by molar-refractivity contribution is 0.0946. The Morgan fingerprint density at radius 3 is 2.28 bits per heavy atom. The smallest absolute Gasteiger partial charge is 0.251 e. The Morgan fingerprint density at radius 2 is 1.72 bits per heavy atom. The Balaban J connectivity index is 1.95. The van der Waals surface area contributed by atoms with Gasteiger partial charge in [0.2, 0.25) is 10.0 Å². The van der Waals surface area contributed by atoms with Gasteiger partial charge in [0, 0.05) is 5.56 Å². The summed E-state index contributed by atoms with van der Waals surface area (Å²) < 4.78 is 37.2. The van der Waals surface area contributed by atoms with Crippen LogP contribution in [0, 0.1) is 0 Å². The van der Waals surface area contributed by atoms with Crippen LogP contribution in [-0.4, -0.2) is 41.6 Å². The van der Waals surface area contributed by atoms with Gasteiger partial charge in [-0.05, 0) is 48.4 Å². The summed E-state index contributed by atoms with van der Waals surface area (Å²) in [4.78, 5) is 12.3. The molecule has 0 atom stereocenters. The lowest BCUT2D eigenvalue weighted by atomic mass is 9.87. The minimum Gasteiger partial charge on any atom is -0.495 e. The fourth-order valence-corrected chi connectivity index (χ4v) is 3.54. The van der Waals surface area contributed by atoms with Crippen LogP contribution in [0.4, 0.5) is 0 Å².